The lowest BCUT2D eigenvalue weighted by molar-refractivity contribution is 0.100. The zero-order valence-electron chi connectivity index (χ0n) is 11.7. The number of ether oxygens (including phenoxy) is 1. The first-order valence-corrected chi connectivity index (χ1v) is 7.08. The van der Waals surface area contributed by atoms with Gasteiger partial charge in [0.1, 0.15) is 0 Å². The van der Waals surface area contributed by atoms with Crippen molar-refractivity contribution in [2.75, 3.05) is 6.61 Å². The number of benzene rings is 1. The van der Waals surface area contributed by atoms with Gasteiger partial charge in [-0.05, 0) is 38.7 Å². The molecule has 1 saturated heterocycles. The predicted octanol–water partition coefficient (Wildman–Crippen LogP) is 3.11. The molecule has 2 rings (SSSR count). The van der Waals surface area contributed by atoms with Crippen molar-refractivity contribution in [3.05, 3.63) is 29.3 Å². The van der Waals surface area contributed by atoms with Crippen molar-refractivity contribution >= 4 is 0 Å². The van der Waals surface area contributed by atoms with Crippen molar-refractivity contribution < 1.29 is 18.6 Å². The Bertz CT molecular complexity index is 448. The van der Waals surface area contributed by atoms with E-state index in [-0.39, 0.29) is 18.2 Å². The molecule has 0 spiro atoms. The van der Waals surface area contributed by atoms with Crippen LogP contribution in [-0.4, -0.2) is 23.9 Å². The lowest BCUT2D eigenvalue weighted by Crippen LogP contribution is -2.27. The Morgan fingerprint density at radius 1 is 1.45 bits per heavy atom. The Balaban J connectivity index is 1.78. The summed E-state index contributed by atoms with van der Waals surface area (Å²) in [5.41, 5.74) is 0.271. The molecule has 2 N–H and O–H groups in total. The van der Waals surface area contributed by atoms with Gasteiger partial charge in [0.2, 0.25) is 0 Å². The molecular formula is C15H21F2NO2. The molecule has 1 aliphatic heterocycles. The monoisotopic (exact) mass is 285 g/mol. The average molecular weight is 285 g/mol. The maximum absolute atomic E-state index is 13.6. The Hall–Kier alpha value is -1.20. The van der Waals surface area contributed by atoms with Crippen LogP contribution in [0, 0.1) is 11.6 Å². The van der Waals surface area contributed by atoms with Crippen molar-refractivity contribution in [2.45, 2.75) is 51.3 Å². The summed E-state index contributed by atoms with van der Waals surface area (Å²) in [7, 11) is 0. The Kier molecular flexibility index (Phi) is 5.31. The van der Waals surface area contributed by atoms with E-state index in [1.807, 2.05) is 6.92 Å². The highest BCUT2D eigenvalue weighted by atomic mass is 19.1. The van der Waals surface area contributed by atoms with E-state index in [0.717, 1.165) is 38.4 Å². The third-order valence-corrected chi connectivity index (χ3v) is 3.73. The van der Waals surface area contributed by atoms with Crippen LogP contribution in [0.25, 0.3) is 0 Å². The summed E-state index contributed by atoms with van der Waals surface area (Å²) in [4.78, 5) is 0. The van der Waals surface area contributed by atoms with Gasteiger partial charge in [-0.25, -0.2) is 8.78 Å². The van der Waals surface area contributed by atoms with E-state index in [9.17, 15) is 13.9 Å². The Morgan fingerprint density at radius 3 is 2.95 bits per heavy atom. The van der Waals surface area contributed by atoms with Crippen LogP contribution in [0.3, 0.4) is 0 Å². The predicted molar refractivity (Wildman–Crippen MR) is 72.5 cm³/mol. The minimum atomic E-state index is -0.933. The summed E-state index contributed by atoms with van der Waals surface area (Å²) in [5, 5.41) is 12.4. The van der Waals surface area contributed by atoms with Crippen LogP contribution in [-0.2, 0) is 11.3 Å². The van der Waals surface area contributed by atoms with E-state index >= 15 is 0 Å². The fraction of sp³-hybridized carbons (Fsp3) is 0.600. The molecule has 0 radical (unpaired) electrons. The number of rotatable bonds is 6. The molecule has 0 saturated carbocycles. The molecule has 3 nitrogen and oxygen atoms in total. The molecule has 0 amide bonds. The minimum Gasteiger partial charge on any atom is -0.503 e. The second-order valence-electron chi connectivity index (χ2n) is 5.36. The topological polar surface area (TPSA) is 41.5 Å². The fourth-order valence-electron chi connectivity index (χ4n) is 2.41. The largest absolute Gasteiger partial charge is 0.503 e. The number of halogens is 2. The van der Waals surface area contributed by atoms with Crippen LogP contribution in [0.5, 0.6) is 5.75 Å². The van der Waals surface area contributed by atoms with Crippen molar-refractivity contribution in [2.24, 2.45) is 0 Å². The van der Waals surface area contributed by atoms with Crippen LogP contribution in [0.15, 0.2) is 12.1 Å². The molecule has 20 heavy (non-hydrogen) atoms. The molecule has 2 atom stereocenters. The minimum absolute atomic E-state index is 0.214. The summed E-state index contributed by atoms with van der Waals surface area (Å²) in [5.74, 6) is -2.72. The molecular weight excluding hydrogens is 264 g/mol. The van der Waals surface area contributed by atoms with Gasteiger partial charge in [0.15, 0.2) is 17.4 Å². The molecule has 1 fully saturated rings. The maximum atomic E-state index is 13.6. The van der Waals surface area contributed by atoms with Crippen molar-refractivity contribution in [1.29, 1.82) is 0 Å². The number of aromatic hydroxyl groups is 1. The number of phenols is 1. The first-order valence-electron chi connectivity index (χ1n) is 7.08. The fourth-order valence-corrected chi connectivity index (χ4v) is 2.41. The zero-order valence-corrected chi connectivity index (χ0v) is 11.7. The maximum Gasteiger partial charge on any atom is 0.188 e. The van der Waals surface area contributed by atoms with E-state index in [1.165, 1.54) is 6.07 Å². The molecule has 1 aromatic carbocycles. The number of hydrogen-bond acceptors (Lipinski definition) is 3. The Labute approximate surface area is 117 Å². The van der Waals surface area contributed by atoms with Crippen LogP contribution in [0.1, 0.15) is 38.2 Å². The summed E-state index contributed by atoms with van der Waals surface area (Å²) >= 11 is 0. The highest BCUT2D eigenvalue weighted by Crippen LogP contribution is 2.23. The number of nitrogens with one attached hydrogen (secondary N) is 1. The van der Waals surface area contributed by atoms with Gasteiger partial charge >= 0.3 is 0 Å². The van der Waals surface area contributed by atoms with Crippen LogP contribution < -0.4 is 5.32 Å². The van der Waals surface area contributed by atoms with Crippen molar-refractivity contribution in [1.82, 2.24) is 5.32 Å². The zero-order chi connectivity index (χ0) is 14.5. The summed E-state index contributed by atoms with van der Waals surface area (Å²) in [6.07, 6.45) is 4.54. The van der Waals surface area contributed by atoms with E-state index in [0.29, 0.717) is 6.10 Å². The smallest absolute Gasteiger partial charge is 0.188 e. The third kappa shape index (κ3) is 3.90. The Morgan fingerprint density at radius 2 is 2.25 bits per heavy atom. The van der Waals surface area contributed by atoms with E-state index in [4.69, 9.17) is 4.74 Å². The molecule has 0 bridgehead atoms. The van der Waals surface area contributed by atoms with E-state index in [2.05, 4.69) is 5.32 Å². The summed E-state index contributed by atoms with van der Waals surface area (Å²) in [6.45, 7) is 3.15. The second-order valence-corrected chi connectivity index (χ2v) is 5.36. The average Bonchev–Trinajstić information content (AvgIpc) is 2.95. The molecule has 0 aromatic heterocycles. The van der Waals surface area contributed by atoms with E-state index < -0.39 is 17.4 Å². The van der Waals surface area contributed by atoms with Crippen molar-refractivity contribution in [3.8, 4) is 5.75 Å². The highest BCUT2D eigenvalue weighted by molar-refractivity contribution is 5.31. The first kappa shape index (κ1) is 15.2. The first-order chi connectivity index (χ1) is 9.58. The standard InChI is InChI=1S/C15H21F2NO2/c1-10(4-6-12-3-2-8-20-12)18-9-11-5-7-13(16)15(19)14(11)17/h5,7,10,12,18-19H,2-4,6,8-9H2,1H3. The molecule has 1 aromatic rings. The second kappa shape index (κ2) is 6.99. The van der Waals surface area contributed by atoms with Gasteiger partial charge in [0.25, 0.3) is 0 Å². The normalized spacial score (nSPS) is 20.2. The van der Waals surface area contributed by atoms with Crippen LogP contribution in [0.4, 0.5) is 8.78 Å². The van der Waals surface area contributed by atoms with E-state index in [1.54, 1.807) is 0 Å². The molecule has 1 aliphatic rings. The lowest BCUT2D eigenvalue weighted by atomic mass is 10.1. The van der Waals surface area contributed by atoms with Crippen LogP contribution >= 0.6 is 0 Å². The number of hydrogen-bond donors (Lipinski definition) is 2. The molecule has 2 unspecified atom stereocenters. The third-order valence-electron chi connectivity index (χ3n) is 3.73. The number of phenolic OH excluding ortho intramolecular Hbond substituents is 1. The molecule has 1 heterocycles. The van der Waals surface area contributed by atoms with Crippen molar-refractivity contribution in [3.63, 3.8) is 0 Å². The van der Waals surface area contributed by atoms with Gasteiger partial charge in [0.05, 0.1) is 6.10 Å². The van der Waals surface area contributed by atoms with Gasteiger partial charge in [-0.1, -0.05) is 6.07 Å². The highest BCUT2D eigenvalue weighted by Gasteiger charge is 2.17. The van der Waals surface area contributed by atoms with Crippen LogP contribution in [0.2, 0.25) is 0 Å². The summed E-state index contributed by atoms with van der Waals surface area (Å²) in [6, 6.07) is 2.64. The molecule has 5 heteroatoms. The SMILES string of the molecule is CC(CCC1CCCO1)NCc1ccc(F)c(O)c1F. The lowest BCUT2D eigenvalue weighted by Gasteiger charge is -2.16. The van der Waals surface area contributed by atoms with Gasteiger partial charge in [-0.15, -0.1) is 0 Å². The van der Waals surface area contributed by atoms with Gasteiger partial charge < -0.3 is 15.2 Å². The van der Waals surface area contributed by atoms with Gasteiger partial charge in [0, 0.05) is 24.8 Å². The van der Waals surface area contributed by atoms with Gasteiger partial charge in [-0.3, -0.25) is 0 Å². The van der Waals surface area contributed by atoms with Gasteiger partial charge in [-0.2, -0.15) is 0 Å². The summed E-state index contributed by atoms with van der Waals surface area (Å²) < 4.78 is 32.1. The molecule has 112 valence electrons. The quantitative estimate of drug-likeness (QED) is 0.844. The molecule has 0 aliphatic carbocycles.